The van der Waals surface area contributed by atoms with Crippen molar-refractivity contribution in [1.82, 2.24) is 0 Å². The number of nitriles is 3. The molecule has 0 aliphatic carbocycles. The SMILES string of the molecule is OB(O)O.[CH2-]C(C#N)C(C#N)CCCCCC#N.[Cu+]. The second kappa shape index (κ2) is 16.9. The Morgan fingerprint density at radius 2 is 1.53 bits per heavy atom. The largest absolute Gasteiger partial charge is 1.00 e. The van der Waals surface area contributed by atoms with Crippen molar-refractivity contribution in [3.05, 3.63) is 6.92 Å². The van der Waals surface area contributed by atoms with Crippen molar-refractivity contribution in [3.8, 4) is 18.2 Å². The van der Waals surface area contributed by atoms with E-state index in [9.17, 15) is 0 Å². The van der Waals surface area contributed by atoms with Gasteiger partial charge in [-0.2, -0.15) is 10.5 Å². The Morgan fingerprint density at radius 3 is 1.89 bits per heavy atom. The maximum absolute atomic E-state index is 8.74. The van der Waals surface area contributed by atoms with Gasteiger partial charge < -0.3 is 22.0 Å². The minimum absolute atomic E-state index is 0. The van der Waals surface area contributed by atoms with E-state index in [2.05, 4.69) is 19.1 Å². The van der Waals surface area contributed by atoms with E-state index in [0.29, 0.717) is 12.8 Å². The third kappa shape index (κ3) is 19.5. The summed E-state index contributed by atoms with van der Waals surface area (Å²) in [6.45, 7) is 3.61. The molecule has 0 aliphatic heterocycles. The van der Waals surface area contributed by atoms with Crippen LogP contribution in [-0.2, 0) is 17.1 Å². The van der Waals surface area contributed by atoms with Crippen LogP contribution in [0.25, 0.3) is 0 Å². The minimum Gasteiger partial charge on any atom is -0.402 e. The van der Waals surface area contributed by atoms with E-state index >= 15 is 0 Å². The molecule has 0 amide bonds. The summed E-state index contributed by atoms with van der Waals surface area (Å²) < 4.78 is 0. The second-order valence-electron chi connectivity index (χ2n) is 3.58. The zero-order chi connectivity index (χ0) is 14.4. The molecule has 8 heteroatoms. The van der Waals surface area contributed by atoms with E-state index in [0.717, 1.165) is 19.3 Å². The fourth-order valence-corrected chi connectivity index (χ4v) is 1.19. The first kappa shape index (κ1) is 23.1. The van der Waals surface area contributed by atoms with Gasteiger partial charge in [0.2, 0.25) is 0 Å². The van der Waals surface area contributed by atoms with Crippen molar-refractivity contribution in [2.24, 2.45) is 11.8 Å². The number of unbranched alkanes of at least 4 members (excludes halogenated alkanes) is 3. The summed E-state index contributed by atoms with van der Waals surface area (Å²) in [5.41, 5.74) is 0. The Morgan fingerprint density at radius 1 is 1.00 bits per heavy atom. The smallest absolute Gasteiger partial charge is 0.402 e. The molecule has 0 rings (SSSR count). The van der Waals surface area contributed by atoms with E-state index in [-0.39, 0.29) is 23.0 Å². The first-order valence-corrected chi connectivity index (χ1v) is 5.53. The van der Waals surface area contributed by atoms with Crippen LogP contribution in [0.3, 0.4) is 0 Å². The molecular weight excluding hydrogens is 296 g/mol. The molecule has 108 valence electrons. The van der Waals surface area contributed by atoms with Crippen molar-refractivity contribution in [3.63, 3.8) is 0 Å². The van der Waals surface area contributed by atoms with Crippen molar-refractivity contribution in [1.29, 1.82) is 15.8 Å². The van der Waals surface area contributed by atoms with Gasteiger partial charge in [-0.15, -0.1) is 0 Å². The van der Waals surface area contributed by atoms with Crippen LogP contribution in [0.2, 0.25) is 0 Å². The molecule has 3 N–H and O–H groups in total. The molecular formula is C11H17BCuN3O3. The molecule has 2 unspecified atom stereocenters. The quantitative estimate of drug-likeness (QED) is 0.372. The average molecular weight is 314 g/mol. The van der Waals surface area contributed by atoms with Gasteiger partial charge in [0.15, 0.2) is 0 Å². The topological polar surface area (TPSA) is 132 Å². The number of hydrogen-bond acceptors (Lipinski definition) is 6. The van der Waals surface area contributed by atoms with Crippen LogP contribution >= 0.6 is 0 Å². The minimum atomic E-state index is -2.17. The van der Waals surface area contributed by atoms with Crippen molar-refractivity contribution >= 4 is 7.32 Å². The fourth-order valence-electron chi connectivity index (χ4n) is 1.19. The number of nitrogens with zero attached hydrogens (tertiary/aromatic N) is 3. The van der Waals surface area contributed by atoms with Gasteiger partial charge in [0.1, 0.15) is 0 Å². The van der Waals surface area contributed by atoms with Gasteiger partial charge in [0, 0.05) is 18.4 Å². The summed E-state index contributed by atoms with van der Waals surface area (Å²) in [7, 11) is -2.17. The van der Waals surface area contributed by atoms with Gasteiger partial charge in [-0.05, 0) is 12.8 Å². The molecule has 0 saturated carbocycles. The molecule has 0 aliphatic rings. The van der Waals surface area contributed by atoms with E-state index in [1.54, 1.807) is 0 Å². The van der Waals surface area contributed by atoms with Crippen molar-refractivity contribution < 1.29 is 32.1 Å². The molecule has 0 aromatic carbocycles. The molecule has 0 aromatic rings. The zero-order valence-corrected chi connectivity index (χ0v) is 11.4. The maximum atomic E-state index is 8.74. The van der Waals surface area contributed by atoms with Gasteiger partial charge in [-0.25, -0.2) is 5.26 Å². The molecule has 0 radical (unpaired) electrons. The van der Waals surface area contributed by atoms with Crippen LogP contribution < -0.4 is 0 Å². The van der Waals surface area contributed by atoms with Crippen LogP contribution in [0.1, 0.15) is 32.1 Å². The predicted octanol–water partition coefficient (Wildman–Crippen LogP) is 0.520. The zero-order valence-electron chi connectivity index (χ0n) is 10.5. The normalized spacial score (nSPS) is 11.2. The summed E-state index contributed by atoms with van der Waals surface area (Å²) in [5.74, 6) is -0.696. The molecule has 2 atom stereocenters. The van der Waals surface area contributed by atoms with Crippen LogP contribution in [0.15, 0.2) is 0 Å². The summed E-state index contributed by atoms with van der Waals surface area (Å²) in [6, 6.07) is 6.15. The molecule has 0 saturated heterocycles. The van der Waals surface area contributed by atoms with E-state index in [1.165, 1.54) is 0 Å². The third-order valence-corrected chi connectivity index (χ3v) is 2.12. The Balaban J connectivity index is -0.000000448. The standard InChI is InChI=1S/C11H14N3.BH3O3.Cu/c1-10(8-13)11(9-14)6-4-2-3-5-7-12;2-1(3)4;/h10-11H,1-6H2;2-4H;/q-1;;+1. The molecule has 0 aromatic heterocycles. The molecule has 0 fully saturated rings. The predicted molar refractivity (Wildman–Crippen MR) is 64.7 cm³/mol. The van der Waals surface area contributed by atoms with Gasteiger partial charge in [-0.3, -0.25) is 0 Å². The Hall–Kier alpha value is -1.07. The molecule has 0 spiro atoms. The number of hydrogen-bond donors (Lipinski definition) is 3. The molecule has 19 heavy (non-hydrogen) atoms. The van der Waals surface area contributed by atoms with Gasteiger partial charge in [0.25, 0.3) is 0 Å². The maximum Gasteiger partial charge on any atom is 1.00 e. The monoisotopic (exact) mass is 313 g/mol. The van der Waals surface area contributed by atoms with Crippen LogP contribution in [-0.4, -0.2) is 22.4 Å². The van der Waals surface area contributed by atoms with Crippen molar-refractivity contribution in [2.75, 3.05) is 0 Å². The molecule has 6 nitrogen and oxygen atoms in total. The third-order valence-electron chi connectivity index (χ3n) is 2.12. The first-order chi connectivity index (χ1) is 8.49. The number of rotatable bonds is 6. The van der Waals surface area contributed by atoms with Gasteiger partial charge in [0.05, 0.1) is 12.1 Å². The van der Waals surface area contributed by atoms with Crippen LogP contribution in [0.4, 0.5) is 0 Å². The van der Waals surface area contributed by atoms with Gasteiger partial charge in [-0.1, -0.05) is 18.8 Å². The van der Waals surface area contributed by atoms with Crippen molar-refractivity contribution in [2.45, 2.75) is 32.1 Å². The summed E-state index contributed by atoms with van der Waals surface area (Å²) in [6.07, 6.45) is 4.01. The summed E-state index contributed by atoms with van der Waals surface area (Å²) in [4.78, 5) is 0. The average Bonchev–Trinajstić information content (AvgIpc) is 2.32. The first-order valence-electron chi connectivity index (χ1n) is 5.53. The fraction of sp³-hybridized carbons (Fsp3) is 0.636. The van der Waals surface area contributed by atoms with Crippen LogP contribution in [0.5, 0.6) is 0 Å². The Bertz CT molecular complexity index is 320. The van der Waals surface area contributed by atoms with Crippen LogP contribution in [0, 0.1) is 52.8 Å². The van der Waals surface area contributed by atoms with E-state index < -0.39 is 13.2 Å². The van der Waals surface area contributed by atoms with Gasteiger partial charge >= 0.3 is 24.4 Å². The Kier molecular flexibility index (Phi) is 20.6. The second-order valence-corrected chi connectivity index (χ2v) is 3.58. The summed E-state index contributed by atoms with van der Waals surface area (Å²) >= 11 is 0. The molecule has 0 heterocycles. The van der Waals surface area contributed by atoms with E-state index in [4.69, 9.17) is 30.9 Å². The summed E-state index contributed by atoms with van der Waals surface area (Å²) in [5, 5.41) is 47.1. The van der Waals surface area contributed by atoms with E-state index in [1.807, 2.05) is 6.07 Å². The Labute approximate surface area is 124 Å². The molecule has 0 bridgehead atoms.